The third-order valence-corrected chi connectivity index (χ3v) is 4.31. The molecule has 0 atom stereocenters. The molecule has 2 heterocycles. The maximum atomic E-state index is 5.91. The highest BCUT2D eigenvalue weighted by Crippen LogP contribution is 2.27. The highest BCUT2D eigenvalue weighted by Gasteiger charge is 2.19. The molecule has 2 rings (SSSR count). The molecule has 0 aromatic carbocycles. The minimum absolute atomic E-state index is 0.665. The van der Waals surface area contributed by atoms with Crippen LogP contribution in [0.2, 0.25) is 5.02 Å². The molecule has 0 saturated carbocycles. The van der Waals surface area contributed by atoms with E-state index in [1.807, 2.05) is 6.07 Å². The lowest BCUT2D eigenvalue weighted by atomic mass is 9.97. The lowest BCUT2D eigenvalue weighted by Crippen LogP contribution is -2.36. The first-order valence-electron chi connectivity index (χ1n) is 6.27. The van der Waals surface area contributed by atoms with E-state index in [-0.39, 0.29) is 0 Å². The summed E-state index contributed by atoms with van der Waals surface area (Å²) >= 11 is 9.44. The van der Waals surface area contributed by atoms with Crippen molar-refractivity contribution < 1.29 is 0 Å². The van der Waals surface area contributed by atoms with Crippen LogP contribution in [0.15, 0.2) is 16.7 Å². The summed E-state index contributed by atoms with van der Waals surface area (Å²) < 4.78 is 0.963. The second kappa shape index (κ2) is 6.22. The van der Waals surface area contributed by atoms with Gasteiger partial charge in [0.15, 0.2) is 0 Å². The van der Waals surface area contributed by atoms with Crippen LogP contribution in [0.3, 0.4) is 0 Å². The van der Waals surface area contributed by atoms with Gasteiger partial charge in [0.05, 0.1) is 9.50 Å². The molecule has 0 radical (unpaired) electrons. The highest BCUT2D eigenvalue weighted by atomic mass is 79.9. The van der Waals surface area contributed by atoms with Crippen LogP contribution in [0.4, 0.5) is 5.82 Å². The van der Waals surface area contributed by atoms with Gasteiger partial charge in [0, 0.05) is 19.8 Å². The molecule has 1 aliphatic heterocycles. The summed E-state index contributed by atoms with van der Waals surface area (Å²) in [6, 6.07) is 1.90. The Labute approximate surface area is 122 Å². The van der Waals surface area contributed by atoms with Gasteiger partial charge in [-0.1, -0.05) is 11.6 Å². The Balaban J connectivity index is 1.97. The quantitative estimate of drug-likeness (QED) is 0.847. The topological polar surface area (TPSA) is 19.4 Å². The molecule has 1 aromatic rings. The van der Waals surface area contributed by atoms with Crippen LogP contribution in [0.1, 0.15) is 12.8 Å². The summed E-state index contributed by atoms with van der Waals surface area (Å²) in [4.78, 5) is 9.01. The third-order valence-electron chi connectivity index (χ3n) is 3.52. The first-order valence-corrected chi connectivity index (χ1v) is 7.44. The molecule has 1 saturated heterocycles. The molecule has 1 fully saturated rings. The van der Waals surface area contributed by atoms with Crippen molar-refractivity contribution in [2.45, 2.75) is 12.8 Å². The molecule has 0 amide bonds. The number of hydrogen-bond acceptors (Lipinski definition) is 3. The van der Waals surface area contributed by atoms with Crippen LogP contribution in [-0.4, -0.2) is 43.6 Å². The molecule has 5 heteroatoms. The van der Waals surface area contributed by atoms with Gasteiger partial charge in [0.1, 0.15) is 5.82 Å². The molecule has 0 bridgehead atoms. The summed E-state index contributed by atoms with van der Waals surface area (Å²) in [5, 5.41) is 0.665. The Morgan fingerprint density at radius 3 is 2.78 bits per heavy atom. The average molecular weight is 333 g/mol. The predicted octanol–water partition coefficient (Wildman–Crippen LogP) is 3.28. The number of piperidine rings is 1. The van der Waals surface area contributed by atoms with Crippen LogP contribution < -0.4 is 4.90 Å². The fraction of sp³-hybridized carbons (Fsp3) is 0.615. The average Bonchev–Trinajstić information content (AvgIpc) is 2.32. The first-order chi connectivity index (χ1) is 8.56. The van der Waals surface area contributed by atoms with Crippen LogP contribution >= 0.6 is 27.5 Å². The van der Waals surface area contributed by atoms with E-state index >= 15 is 0 Å². The number of likely N-dealkylation sites (tertiary alicyclic amines) is 1. The lowest BCUT2D eigenvalue weighted by molar-refractivity contribution is 0.222. The SMILES string of the molecule is CN1CCC(CN(C)c2ncc(Cl)cc2Br)CC1. The largest absolute Gasteiger partial charge is 0.358 e. The van der Waals surface area contributed by atoms with Gasteiger partial charge in [0.2, 0.25) is 0 Å². The van der Waals surface area contributed by atoms with E-state index in [1.165, 1.54) is 25.9 Å². The minimum Gasteiger partial charge on any atom is -0.358 e. The van der Waals surface area contributed by atoms with Crippen molar-refractivity contribution in [3.63, 3.8) is 0 Å². The molecule has 0 aliphatic carbocycles. The van der Waals surface area contributed by atoms with Crippen LogP contribution in [-0.2, 0) is 0 Å². The smallest absolute Gasteiger partial charge is 0.142 e. The standard InChI is InChI=1S/C13H19BrClN3/c1-17-5-3-10(4-6-17)9-18(2)13-12(14)7-11(15)8-16-13/h7-8,10H,3-6,9H2,1-2H3. The maximum Gasteiger partial charge on any atom is 0.142 e. The van der Waals surface area contributed by atoms with Gasteiger partial charge in [-0.3, -0.25) is 0 Å². The van der Waals surface area contributed by atoms with Crippen LogP contribution in [0, 0.1) is 5.92 Å². The zero-order chi connectivity index (χ0) is 13.1. The van der Waals surface area contributed by atoms with Gasteiger partial charge >= 0.3 is 0 Å². The fourth-order valence-electron chi connectivity index (χ4n) is 2.41. The van der Waals surface area contributed by atoms with E-state index in [1.54, 1.807) is 6.20 Å². The molecule has 0 N–H and O–H groups in total. The van der Waals surface area contributed by atoms with E-state index in [0.29, 0.717) is 5.02 Å². The van der Waals surface area contributed by atoms with Crippen LogP contribution in [0.25, 0.3) is 0 Å². The number of pyridine rings is 1. The highest BCUT2D eigenvalue weighted by molar-refractivity contribution is 9.10. The third kappa shape index (κ3) is 3.59. The summed E-state index contributed by atoms with van der Waals surface area (Å²) in [6.45, 7) is 3.46. The van der Waals surface area contributed by atoms with E-state index in [0.717, 1.165) is 22.8 Å². The number of rotatable bonds is 3. The lowest BCUT2D eigenvalue weighted by Gasteiger charge is -2.32. The number of halogens is 2. The molecular weight excluding hydrogens is 314 g/mol. The van der Waals surface area contributed by atoms with Crippen molar-refractivity contribution in [1.29, 1.82) is 0 Å². The zero-order valence-electron chi connectivity index (χ0n) is 10.9. The Hall–Kier alpha value is -0.320. The summed E-state index contributed by atoms with van der Waals surface area (Å²) in [6.07, 6.45) is 4.24. The van der Waals surface area contributed by atoms with Gasteiger partial charge in [-0.25, -0.2) is 4.98 Å². The van der Waals surface area contributed by atoms with Crippen molar-refractivity contribution in [2.75, 3.05) is 38.6 Å². The predicted molar refractivity (Wildman–Crippen MR) is 80.4 cm³/mol. The van der Waals surface area contributed by atoms with Gasteiger partial charge < -0.3 is 9.80 Å². The second-order valence-electron chi connectivity index (χ2n) is 5.09. The monoisotopic (exact) mass is 331 g/mol. The first kappa shape index (κ1) is 14.1. The van der Waals surface area contributed by atoms with Crippen molar-refractivity contribution in [2.24, 2.45) is 5.92 Å². The number of anilines is 1. The molecule has 100 valence electrons. The van der Waals surface area contributed by atoms with Crippen molar-refractivity contribution in [3.05, 3.63) is 21.8 Å². The van der Waals surface area contributed by atoms with E-state index in [2.05, 4.69) is 44.8 Å². The molecular formula is C13H19BrClN3. The summed E-state index contributed by atoms with van der Waals surface area (Å²) in [5.41, 5.74) is 0. The van der Waals surface area contributed by atoms with Crippen molar-refractivity contribution >= 4 is 33.3 Å². The van der Waals surface area contributed by atoms with Crippen molar-refractivity contribution in [1.82, 2.24) is 9.88 Å². The van der Waals surface area contributed by atoms with Gasteiger partial charge in [-0.15, -0.1) is 0 Å². The molecule has 1 aliphatic rings. The molecule has 0 unspecified atom stereocenters. The molecule has 1 aromatic heterocycles. The number of nitrogens with zero attached hydrogens (tertiary/aromatic N) is 3. The Morgan fingerprint density at radius 2 is 2.17 bits per heavy atom. The van der Waals surface area contributed by atoms with Gasteiger partial charge in [-0.05, 0) is 60.9 Å². The van der Waals surface area contributed by atoms with Crippen molar-refractivity contribution in [3.8, 4) is 0 Å². The van der Waals surface area contributed by atoms with Crippen LogP contribution in [0.5, 0.6) is 0 Å². The van der Waals surface area contributed by atoms with E-state index < -0.39 is 0 Å². The van der Waals surface area contributed by atoms with Gasteiger partial charge in [0.25, 0.3) is 0 Å². The minimum atomic E-state index is 0.665. The Kier molecular flexibility index (Phi) is 4.87. The second-order valence-corrected chi connectivity index (χ2v) is 6.38. The Bertz CT molecular complexity index is 405. The van der Waals surface area contributed by atoms with Gasteiger partial charge in [-0.2, -0.15) is 0 Å². The molecule has 18 heavy (non-hydrogen) atoms. The fourth-order valence-corrected chi connectivity index (χ4v) is 3.35. The number of hydrogen-bond donors (Lipinski definition) is 0. The summed E-state index contributed by atoms with van der Waals surface area (Å²) in [5.74, 6) is 1.73. The molecule has 3 nitrogen and oxygen atoms in total. The number of aromatic nitrogens is 1. The van der Waals surface area contributed by atoms with E-state index in [4.69, 9.17) is 11.6 Å². The Morgan fingerprint density at radius 1 is 1.50 bits per heavy atom. The maximum absolute atomic E-state index is 5.91. The van der Waals surface area contributed by atoms with E-state index in [9.17, 15) is 0 Å². The molecule has 0 spiro atoms. The summed E-state index contributed by atoms with van der Waals surface area (Å²) in [7, 11) is 4.29. The zero-order valence-corrected chi connectivity index (χ0v) is 13.2. The normalized spacial score (nSPS) is 18.0.